The van der Waals surface area contributed by atoms with E-state index in [0.717, 1.165) is 0 Å². The van der Waals surface area contributed by atoms with E-state index in [2.05, 4.69) is 4.98 Å². The highest BCUT2D eigenvalue weighted by atomic mass is 16.6. The Balaban J connectivity index is 1.26. The molecule has 0 radical (unpaired) electrons. The molecule has 178 valence electrons. The predicted molar refractivity (Wildman–Crippen MR) is 125 cm³/mol. The Morgan fingerprint density at radius 1 is 0.971 bits per heavy atom. The maximum absolute atomic E-state index is 13.1. The summed E-state index contributed by atoms with van der Waals surface area (Å²) in [6, 6.07) is 15.4. The summed E-state index contributed by atoms with van der Waals surface area (Å²) in [5.74, 6) is 1.19. The highest BCUT2D eigenvalue weighted by Gasteiger charge is 2.18. The van der Waals surface area contributed by atoms with Crippen molar-refractivity contribution in [2.24, 2.45) is 0 Å². The lowest BCUT2D eigenvalue weighted by molar-refractivity contribution is -0.145. The fourth-order valence-electron chi connectivity index (χ4n) is 3.84. The minimum absolute atomic E-state index is 0.0250. The third-order valence-electron chi connectivity index (χ3n) is 5.62. The minimum Gasteiger partial charge on any atom is -0.486 e. The summed E-state index contributed by atoms with van der Waals surface area (Å²) in [5, 5.41) is 0.458. The summed E-state index contributed by atoms with van der Waals surface area (Å²) in [4.78, 5) is 42.6. The topological polar surface area (TPSA) is 110 Å². The van der Waals surface area contributed by atoms with Crippen LogP contribution < -0.4 is 15.0 Å². The van der Waals surface area contributed by atoms with Crippen LogP contribution in [0.5, 0.6) is 11.5 Å². The number of fused-ring (bicyclic) bond motifs is 2. The van der Waals surface area contributed by atoms with Crippen molar-refractivity contribution in [1.82, 2.24) is 9.55 Å². The Morgan fingerprint density at radius 2 is 1.80 bits per heavy atom. The van der Waals surface area contributed by atoms with Crippen molar-refractivity contribution >= 4 is 22.7 Å². The van der Waals surface area contributed by atoms with Gasteiger partial charge < -0.3 is 18.6 Å². The van der Waals surface area contributed by atoms with Crippen LogP contribution in [0.4, 0.5) is 0 Å². The number of ketones is 1. The number of carbonyl (C=O) groups is 2. The number of hydrogen-bond donors (Lipinski definition) is 0. The second-order valence-electron chi connectivity index (χ2n) is 7.96. The van der Waals surface area contributed by atoms with Gasteiger partial charge in [-0.15, -0.1) is 0 Å². The molecule has 5 rings (SSSR count). The van der Waals surface area contributed by atoms with Gasteiger partial charge in [0.2, 0.25) is 0 Å². The number of hydrogen-bond acceptors (Lipinski definition) is 8. The van der Waals surface area contributed by atoms with Crippen molar-refractivity contribution in [3.63, 3.8) is 0 Å². The lowest BCUT2D eigenvalue weighted by Crippen LogP contribution is -2.26. The van der Waals surface area contributed by atoms with E-state index in [1.54, 1.807) is 54.6 Å². The standard InChI is InChI=1S/C26H22N2O7/c29-21(17-7-9-22-23(14-17)34-13-12-33-22)8-10-25(30)35-16-24-27-20-6-2-1-5-19(20)26(31)28(24)15-18-4-3-11-32-18/h1-7,9,11,14H,8,10,12-13,15-16H2. The lowest BCUT2D eigenvalue weighted by Gasteiger charge is -2.18. The first kappa shape index (κ1) is 22.4. The van der Waals surface area contributed by atoms with E-state index in [-0.39, 0.29) is 43.2 Å². The molecule has 9 nitrogen and oxygen atoms in total. The molecular formula is C26H22N2O7. The first-order chi connectivity index (χ1) is 17.1. The van der Waals surface area contributed by atoms with E-state index < -0.39 is 5.97 Å². The van der Waals surface area contributed by atoms with Gasteiger partial charge in [-0.2, -0.15) is 0 Å². The number of esters is 1. The quantitative estimate of drug-likeness (QED) is 0.282. The fourth-order valence-corrected chi connectivity index (χ4v) is 3.84. The third-order valence-corrected chi connectivity index (χ3v) is 5.62. The summed E-state index contributed by atoms with van der Waals surface area (Å²) >= 11 is 0. The molecular weight excluding hydrogens is 452 g/mol. The fraction of sp³-hybridized carbons (Fsp3) is 0.231. The van der Waals surface area contributed by atoms with E-state index in [1.807, 2.05) is 0 Å². The molecule has 35 heavy (non-hydrogen) atoms. The number of aromatic nitrogens is 2. The molecule has 0 atom stereocenters. The van der Waals surface area contributed by atoms with Crippen LogP contribution >= 0.6 is 0 Å². The summed E-state index contributed by atoms with van der Waals surface area (Å²) in [7, 11) is 0. The summed E-state index contributed by atoms with van der Waals surface area (Å²) in [6.45, 7) is 0.829. The zero-order valence-corrected chi connectivity index (χ0v) is 18.8. The molecule has 0 saturated heterocycles. The van der Waals surface area contributed by atoms with Gasteiger partial charge in [0.25, 0.3) is 5.56 Å². The first-order valence-electron chi connectivity index (χ1n) is 11.2. The van der Waals surface area contributed by atoms with Gasteiger partial charge in [-0.3, -0.25) is 19.0 Å². The van der Waals surface area contributed by atoms with Crippen LogP contribution in [-0.4, -0.2) is 34.5 Å². The third kappa shape index (κ3) is 4.93. The van der Waals surface area contributed by atoms with Crippen LogP contribution in [0.15, 0.2) is 70.1 Å². The minimum atomic E-state index is -0.567. The molecule has 2 aromatic heterocycles. The summed E-state index contributed by atoms with van der Waals surface area (Å²) in [5.41, 5.74) is 0.686. The Bertz CT molecular complexity index is 1440. The van der Waals surface area contributed by atoms with E-state index in [0.29, 0.717) is 46.9 Å². The van der Waals surface area contributed by atoms with Gasteiger partial charge in [-0.1, -0.05) is 12.1 Å². The van der Waals surface area contributed by atoms with E-state index in [9.17, 15) is 14.4 Å². The van der Waals surface area contributed by atoms with Gasteiger partial charge in [0.1, 0.15) is 25.6 Å². The normalized spacial score (nSPS) is 12.5. The highest BCUT2D eigenvalue weighted by Crippen LogP contribution is 2.31. The molecule has 0 saturated carbocycles. The van der Waals surface area contributed by atoms with Crippen LogP contribution in [0.25, 0.3) is 10.9 Å². The molecule has 4 aromatic rings. The SMILES string of the molecule is O=C(CCC(=O)c1ccc2c(c1)OCCO2)OCc1nc2ccccc2c(=O)n1Cc1ccco1. The number of Topliss-reactive ketones (excluding diaryl/α,β-unsaturated/α-hetero) is 1. The van der Waals surface area contributed by atoms with Gasteiger partial charge in [0.15, 0.2) is 23.1 Å². The van der Waals surface area contributed by atoms with Crippen molar-refractivity contribution in [2.75, 3.05) is 13.2 Å². The summed E-state index contributed by atoms with van der Waals surface area (Å²) in [6.07, 6.45) is 1.39. The average Bonchev–Trinajstić information content (AvgIpc) is 3.41. The Labute approximate surface area is 199 Å². The van der Waals surface area contributed by atoms with Crippen LogP contribution in [0.3, 0.4) is 0 Å². The largest absolute Gasteiger partial charge is 0.486 e. The molecule has 0 spiro atoms. The van der Waals surface area contributed by atoms with E-state index in [4.69, 9.17) is 18.6 Å². The molecule has 0 aliphatic carbocycles. The Kier molecular flexibility index (Phi) is 6.30. The average molecular weight is 474 g/mol. The van der Waals surface area contributed by atoms with Crippen molar-refractivity contribution in [3.05, 3.63) is 88.4 Å². The predicted octanol–water partition coefficient (Wildman–Crippen LogP) is 3.52. The van der Waals surface area contributed by atoms with Crippen molar-refractivity contribution in [2.45, 2.75) is 26.0 Å². The molecule has 0 N–H and O–H groups in total. The number of carbonyl (C=O) groups excluding carboxylic acids is 2. The molecule has 3 heterocycles. The second-order valence-corrected chi connectivity index (χ2v) is 7.96. The van der Waals surface area contributed by atoms with Gasteiger partial charge in [-0.25, -0.2) is 4.98 Å². The number of rotatable bonds is 8. The lowest BCUT2D eigenvalue weighted by atomic mass is 10.1. The maximum Gasteiger partial charge on any atom is 0.306 e. The Morgan fingerprint density at radius 3 is 2.63 bits per heavy atom. The molecule has 1 aliphatic heterocycles. The molecule has 0 amide bonds. The number of benzene rings is 2. The molecule has 9 heteroatoms. The Hall–Kier alpha value is -4.40. The first-order valence-corrected chi connectivity index (χ1v) is 11.2. The van der Waals surface area contributed by atoms with Crippen LogP contribution in [-0.2, 0) is 22.7 Å². The van der Waals surface area contributed by atoms with Gasteiger partial charge in [0.05, 0.1) is 30.1 Å². The van der Waals surface area contributed by atoms with Gasteiger partial charge >= 0.3 is 5.97 Å². The van der Waals surface area contributed by atoms with Crippen LogP contribution in [0.2, 0.25) is 0 Å². The monoisotopic (exact) mass is 474 g/mol. The molecule has 2 aromatic carbocycles. The zero-order chi connectivity index (χ0) is 24.2. The van der Waals surface area contributed by atoms with Crippen LogP contribution in [0, 0.1) is 0 Å². The smallest absolute Gasteiger partial charge is 0.306 e. The number of para-hydroxylation sites is 1. The highest BCUT2D eigenvalue weighted by molar-refractivity contribution is 5.98. The van der Waals surface area contributed by atoms with Crippen molar-refractivity contribution in [3.8, 4) is 11.5 Å². The van der Waals surface area contributed by atoms with Crippen molar-refractivity contribution in [1.29, 1.82) is 0 Å². The van der Waals surface area contributed by atoms with Gasteiger partial charge in [-0.05, 0) is 42.5 Å². The molecule has 1 aliphatic rings. The number of furan rings is 1. The molecule has 0 fully saturated rings. The van der Waals surface area contributed by atoms with E-state index in [1.165, 1.54) is 10.8 Å². The molecule has 0 bridgehead atoms. The number of nitrogens with zero attached hydrogens (tertiary/aromatic N) is 2. The zero-order valence-electron chi connectivity index (χ0n) is 18.8. The summed E-state index contributed by atoms with van der Waals surface area (Å²) < 4.78 is 23.1. The van der Waals surface area contributed by atoms with E-state index >= 15 is 0 Å². The number of ether oxygens (including phenoxy) is 3. The van der Waals surface area contributed by atoms with Crippen LogP contribution in [0.1, 0.15) is 34.8 Å². The molecule has 0 unspecified atom stereocenters. The maximum atomic E-state index is 13.1. The van der Waals surface area contributed by atoms with Gasteiger partial charge in [0, 0.05) is 12.0 Å². The van der Waals surface area contributed by atoms with Crippen molar-refractivity contribution < 1.29 is 28.2 Å². The second kappa shape index (κ2) is 9.84.